The second kappa shape index (κ2) is 5.24. The summed E-state index contributed by atoms with van der Waals surface area (Å²) in [6, 6.07) is 9.25. The summed E-state index contributed by atoms with van der Waals surface area (Å²) in [4.78, 5) is 16.3. The van der Waals surface area contributed by atoms with Crippen molar-refractivity contribution < 1.29 is 9.21 Å². The topological polar surface area (TPSA) is 73.0 Å². The Morgan fingerprint density at radius 1 is 1.29 bits per heavy atom. The highest BCUT2D eigenvalue weighted by atomic mass is 16.4. The smallest absolute Gasteiger partial charge is 0.293 e. The zero-order chi connectivity index (χ0) is 14.8. The maximum atomic E-state index is 12.2. The van der Waals surface area contributed by atoms with E-state index in [1.54, 1.807) is 24.7 Å². The van der Waals surface area contributed by atoms with Gasteiger partial charge in [0.05, 0.1) is 11.4 Å². The molecule has 6 heteroatoms. The third-order valence-electron chi connectivity index (χ3n) is 2.98. The van der Waals surface area contributed by atoms with E-state index < -0.39 is 0 Å². The first-order valence-electron chi connectivity index (χ1n) is 6.49. The van der Waals surface area contributed by atoms with Gasteiger partial charge in [-0.3, -0.25) is 4.79 Å². The average molecular weight is 282 g/mol. The van der Waals surface area contributed by atoms with Crippen LogP contribution in [0.1, 0.15) is 22.1 Å². The van der Waals surface area contributed by atoms with Crippen molar-refractivity contribution in [1.29, 1.82) is 0 Å². The highest BCUT2D eigenvalue weighted by molar-refractivity contribution is 6.03. The van der Waals surface area contributed by atoms with Crippen LogP contribution in [0.25, 0.3) is 5.69 Å². The summed E-state index contributed by atoms with van der Waals surface area (Å²) in [5.41, 5.74) is 2.11. The molecule has 1 aromatic carbocycles. The second-order valence-electron chi connectivity index (χ2n) is 4.60. The molecule has 1 amide bonds. The fourth-order valence-corrected chi connectivity index (χ4v) is 2.08. The van der Waals surface area contributed by atoms with Crippen LogP contribution in [0.2, 0.25) is 0 Å². The van der Waals surface area contributed by atoms with Crippen molar-refractivity contribution in [2.45, 2.75) is 13.8 Å². The molecule has 6 nitrogen and oxygen atoms in total. The van der Waals surface area contributed by atoms with Gasteiger partial charge in [-0.15, -0.1) is 0 Å². The van der Waals surface area contributed by atoms with E-state index in [4.69, 9.17) is 4.42 Å². The summed E-state index contributed by atoms with van der Waals surface area (Å²) >= 11 is 0. The Hall–Kier alpha value is -2.89. The number of carbonyl (C=O) groups is 1. The number of carbonyl (C=O) groups excluding carboxylic acids is 1. The van der Waals surface area contributed by atoms with Crippen molar-refractivity contribution in [2.75, 3.05) is 5.32 Å². The number of aromatic nitrogens is 3. The summed E-state index contributed by atoms with van der Waals surface area (Å²) in [7, 11) is 0. The molecule has 106 valence electrons. The normalized spacial score (nSPS) is 10.6. The lowest BCUT2D eigenvalue weighted by atomic mass is 10.2. The number of rotatable bonds is 3. The lowest BCUT2D eigenvalue weighted by molar-refractivity contribution is 0.0994. The predicted octanol–water partition coefficient (Wildman–Crippen LogP) is 2.73. The minimum absolute atomic E-state index is 0.233. The van der Waals surface area contributed by atoms with Gasteiger partial charge in [0.1, 0.15) is 0 Å². The monoisotopic (exact) mass is 282 g/mol. The predicted molar refractivity (Wildman–Crippen MR) is 77.5 cm³/mol. The zero-order valence-electron chi connectivity index (χ0n) is 11.7. The van der Waals surface area contributed by atoms with Gasteiger partial charge in [0.15, 0.2) is 5.89 Å². The van der Waals surface area contributed by atoms with Gasteiger partial charge < -0.3 is 9.73 Å². The molecule has 0 saturated heterocycles. The number of nitrogens with zero attached hydrogens (tertiary/aromatic N) is 3. The highest BCUT2D eigenvalue weighted by Crippen LogP contribution is 2.16. The molecule has 0 bridgehead atoms. The van der Waals surface area contributed by atoms with Crippen LogP contribution < -0.4 is 5.32 Å². The molecule has 21 heavy (non-hydrogen) atoms. The van der Waals surface area contributed by atoms with Gasteiger partial charge in [0.25, 0.3) is 5.91 Å². The molecule has 2 heterocycles. The zero-order valence-corrected chi connectivity index (χ0v) is 11.7. The van der Waals surface area contributed by atoms with Crippen molar-refractivity contribution in [3.63, 3.8) is 0 Å². The van der Waals surface area contributed by atoms with Gasteiger partial charge in [-0.2, -0.15) is 5.10 Å². The van der Waals surface area contributed by atoms with Crippen LogP contribution in [0.5, 0.6) is 0 Å². The van der Waals surface area contributed by atoms with Crippen LogP contribution in [0.4, 0.5) is 5.69 Å². The Balaban J connectivity index is 1.84. The molecule has 0 saturated carbocycles. The highest BCUT2D eigenvalue weighted by Gasteiger charge is 2.16. The standard InChI is InChI=1S/C15H14N4O2/c1-10-14(21-11(2)17-10)15(20)18-12-5-3-6-13(9-12)19-8-4-7-16-19/h3-9H,1-2H3,(H,18,20). The molecule has 0 atom stereocenters. The van der Waals surface area contributed by atoms with Crippen molar-refractivity contribution in [3.05, 3.63) is 60.1 Å². The number of nitrogens with one attached hydrogen (secondary N) is 1. The maximum absolute atomic E-state index is 12.2. The quantitative estimate of drug-likeness (QED) is 0.801. The average Bonchev–Trinajstić information content (AvgIpc) is 3.08. The minimum atomic E-state index is -0.314. The van der Waals surface area contributed by atoms with Crippen molar-refractivity contribution in [1.82, 2.24) is 14.8 Å². The summed E-state index contributed by atoms with van der Waals surface area (Å²) in [5, 5.41) is 6.96. The van der Waals surface area contributed by atoms with Gasteiger partial charge in [0, 0.05) is 25.0 Å². The SMILES string of the molecule is Cc1nc(C)c(C(=O)Nc2cccc(-n3cccn3)c2)o1. The van der Waals surface area contributed by atoms with Crippen LogP contribution in [0.15, 0.2) is 47.1 Å². The lowest BCUT2D eigenvalue weighted by Crippen LogP contribution is -2.12. The number of anilines is 1. The molecular weight excluding hydrogens is 268 g/mol. The third kappa shape index (κ3) is 2.69. The van der Waals surface area contributed by atoms with E-state index in [1.807, 2.05) is 36.5 Å². The summed E-state index contributed by atoms with van der Waals surface area (Å²) in [5.74, 6) is 0.394. The number of oxazole rings is 1. The third-order valence-corrected chi connectivity index (χ3v) is 2.98. The molecule has 0 aliphatic carbocycles. The second-order valence-corrected chi connectivity index (χ2v) is 4.60. The van der Waals surface area contributed by atoms with E-state index in [0.29, 0.717) is 17.3 Å². The molecule has 0 spiro atoms. The Morgan fingerprint density at radius 2 is 2.14 bits per heavy atom. The Labute approximate surface area is 121 Å². The molecule has 0 aliphatic heterocycles. The van der Waals surface area contributed by atoms with Crippen molar-refractivity contribution in [2.24, 2.45) is 0 Å². The minimum Gasteiger partial charge on any atom is -0.436 e. The largest absolute Gasteiger partial charge is 0.436 e. The van der Waals surface area contributed by atoms with E-state index in [2.05, 4.69) is 15.4 Å². The van der Waals surface area contributed by atoms with Gasteiger partial charge in [-0.05, 0) is 31.2 Å². The van der Waals surface area contributed by atoms with E-state index in [9.17, 15) is 4.79 Å². The number of amides is 1. The Bertz CT molecular complexity index is 775. The van der Waals surface area contributed by atoms with E-state index in [-0.39, 0.29) is 11.7 Å². The summed E-state index contributed by atoms with van der Waals surface area (Å²) in [6.45, 7) is 3.45. The van der Waals surface area contributed by atoms with E-state index in [0.717, 1.165) is 5.69 Å². The van der Waals surface area contributed by atoms with Crippen molar-refractivity contribution >= 4 is 11.6 Å². The molecule has 0 radical (unpaired) electrons. The molecule has 3 rings (SSSR count). The van der Waals surface area contributed by atoms with Crippen molar-refractivity contribution in [3.8, 4) is 5.69 Å². The molecular formula is C15H14N4O2. The number of hydrogen-bond acceptors (Lipinski definition) is 4. The fraction of sp³-hybridized carbons (Fsp3) is 0.133. The maximum Gasteiger partial charge on any atom is 0.293 e. The number of aryl methyl sites for hydroxylation is 2. The van der Waals surface area contributed by atoms with E-state index >= 15 is 0 Å². The van der Waals surface area contributed by atoms with Crippen LogP contribution in [-0.4, -0.2) is 20.7 Å². The van der Waals surface area contributed by atoms with Crippen LogP contribution in [-0.2, 0) is 0 Å². The van der Waals surface area contributed by atoms with Gasteiger partial charge in [-0.25, -0.2) is 9.67 Å². The summed E-state index contributed by atoms with van der Waals surface area (Å²) in [6.07, 6.45) is 3.54. The molecule has 0 unspecified atom stereocenters. The molecule has 2 aromatic heterocycles. The van der Waals surface area contributed by atoms with Crippen LogP contribution in [0, 0.1) is 13.8 Å². The van der Waals surface area contributed by atoms with Crippen LogP contribution >= 0.6 is 0 Å². The first-order valence-corrected chi connectivity index (χ1v) is 6.49. The van der Waals surface area contributed by atoms with Gasteiger partial charge in [-0.1, -0.05) is 6.07 Å². The number of benzene rings is 1. The van der Waals surface area contributed by atoms with Gasteiger partial charge in [0.2, 0.25) is 5.76 Å². The Morgan fingerprint density at radius 3 is 2.81 bits per heavy atom. The van der Waals surface area contributed by atoms with E-state index in [1.165, 1.54) is 0 Å². The molecule has 3 aromatic rings. The first kappa shape index (κ1) is 13.1. The first-order chi connectivity index (χ1) is 10.1. The van der Waals surface area contributed by atoms with Crippen LogP contribution in [0.3, 0.4) is 0 Å². The lowest BCUT2D eigenvalue weighted by Gasteiger charge is -2.06. The molecule has 1 N–H and O–H groups in total. The van der Waals surface area contributed by atoms with Gasteiger partial charge >= 0.3 is 0 Å². The Kier molecular flexibility index (Phi) is 3.27. The molecule has 0 fully saturated rings. The fourth-order valence-electron chi connectivity index (χ4n) is 2.08. The summed E-state index contributed by atoms with van der Waals surface area (Å²) < 4.78 is 7.03. The number of hydrogen-bond donors (Lipinski definition) is 1. The molecule has 0 aliphatic rings.